The summed E-state index contributed by atoms with van der Waals surface area (Å²) in [6.07, 6.45) is 0. The van der Waals surface area contributed by atoms with E-state index in [0.717, 1.165) is 33.2 Å². The van der Waals surface area contributed by atoms with Crippen LogP contribution in [0.15, 0.2) is 102 Å². The second-order valence-corrected chi connectivity index (χ2v) is 10.1. The van der Waals surface area contributed by atoms with Crippen molar-refractivity contribution in [3.05, 3.63) is 113 Å². The number of thioether (sulfide) groups is 1. The monoisotopic (exact) mass is 539 g/mol. The lowest BCUT2D eigenvalue weighted by molar-refractivity contribution is -0.113. The van der Waals surface area contributed by atoms with Crippen molar-refractivity contribution in [3.8, 4) is 28.5 Å². The third-order valence-electron chi connectivity index (χ3n) is 5.80. The van der Waals surface area contributed by atoms with Crippen LogP contribution in [0.4, 0.5) is 5.69 Å². The van der Waals surface area contributed by atoms with Crippen molar-refractivity contribution in [1.29, 1.82) is 5.26 Å². The van der Waals surface area contributed by atoms with E-state index in [-0.39, 0.29) is 11.7 Å². The summed E-state index contributed by atoms with van der Waals surface area (Å²) in [5, 5.41) is 16.8. The van der Waals surface area contributed by atoms with Crippen LogP contribution in [0.1, 0.15) is 5.56 Å². The first-order valence-corrected chi connectivity index (χ1v) is 13.1. The maximum atomic E-state index is 12.9. The number of nitrogens with one attached hydrogen (secondary N) is 1. The summed E-state index contributed by atoms with van der Waals surface area (Å²) in [6.45, 7) is 0. The standard InChI is InChI=1S/C30H19Cl2N3OS/c31-22-12-8-20(9-13-22)25-16-28(21-10-14-23(32)15-11-21)35-30(26(25)17-33)37-18-29(36)34-27-7-3-5-19-4-1-2-6-24(19)27/h1-16H,18H2,(H,34,36). The van der Waals surface area contributed by atoms with E-state index in [1.807, 2.05) is 72.8 Å². The van der Waals surface area contributed by atoms with Crippen LogP contribution in [-0.4, -0.2) is 16.6 Å². The molecule has 0 aliphatic heterocycles. The molecule has 37 heavy (non-hydrogen) atoms. The lowest BCUT2D eigenvalue weighted by Gasteiger charge is -2.13. The molecule has 7 heteroatoms. The zero-order valence-corrected chi connectivity index (χ0v) is 21.7. The predicted molar refractivity (Wildman–Crippen MR) is 153 cm³/mol. The van der Waals surface area contributed by atoms with Gasteiger partial charge in [0.05, 0.1) is 17.0 Å². The predicted octanol–water partition coefficient (Wildman–Crippen LogP) is 8.48. The van der Waals surface area contributed by atoms with Crippen molar-refractivity contribution in [2.75, 3.05) is 11.1 Å². The Hall–Kier alpha value is -3.82. The summed E-state index contributed by atoms with van der Waals surface area (Å²) in [5.74, 6) is -0.0911. The highest BCUT2D eigenvalue weighted by Crippen LogP contribution is 2.35. The Kier molecular flexibility index (Phi) is 7.43. The molecule has 0 bridgehead atoms. The van der Waals surface area contributed by atoms with Gasteiger partial charge in [0.2, 0.25) is 5.91 Å². The molecule has 0 saturated carbocycles. The van der Waals surface area contributed by atoms with Gasteiger partial charge in [-0.15, -0.1) is 0 Å². The molecule has 5 rings (SSSR count). The van der Waals surface area contributed by atoms with Crippen molar-refractivity contribution < 1.29 is 4.79 Å². The number of carbonyl (C=O) groups excluding carboxylic acids is 1. The van der Waals surface area contributed by atoms with E-state index < -0.39 is 0 Å². The SMILES string of the molecule is N#Cc1c(-c2ccc(Cl)cc2)cc(-c2ccc(Cl)cc2)nc1SCC(=O)Nc1cccc2ccccc12. The minimum Gasteiger partial charge on any atom is -0.325 e. The van der Waals surface area contributed by atoms with Crippen molar-refractivity contribution in [3.63, 3.8) is 0 Å². The first-order chi connectivity index (χ1) is 18.0. The molecule has 0 spiro atoms. The molecule has 0 aliphatic rings. The van der Waals surface area contributed by atoms with E-state index >= 15 is 0 Å². The van der Waals surface area contributed by atoms with Gasteiger partial charge in [-0.2, -0.15) is 5.26 Å². The highest BCUT2D eigenvalue weighted by atomic mass is 35.5. The van der Waals surface area contributed by atoms with Gasteiger partial charge in [-0.05, 0) is 47.3 Å². The molecule has 1 N–H and O–H groups in total. The van der Waals surface area contributed by atoms with Gasteiger partial charge >= 0.3 is 0 Å². The summed E-state index contributed by atoms with van der Waals surface area (Å²) in [7, 11) is 0. The number of benzene rings is 4. The van der Waals surface area contributed by atoms with Crippen LogP contribution < -0.4 is 5.32 Å². The second-order valence-electron chi connectivity index (χ2n) is 8.22. The van der Waals surface area contributed by atoms with Crippen LogP contribution in [0.25, 0.3) is 33.2 Å². The summed E-state index contributed by atoms with van der Waals surface area (Å²) in [5.41, 5.74) is 4.23. The topological polar surface area (TPSA) is 65.8 Å². The van der Waals surface area contributed by atoms with Gasteiger partial charge in [0.1, 0.15) is 11.1 Å². The molecule has 180 valence electrons. The molecule has 4 aromatic carbocycles. The van der Waals surface area contributed by atoms with Crippen LogP contribution in [0, 0.1) is 11.3 Å². The molecule has 1 aromatic heterocycles. The van der Waals surface area contributed by atoms with Gasteiger partial charge in [-0.25, -0.2) is 4.98 Å². The Morgan fingerprint density at radius 2 is 1.51 bits per heavy atom. The molecule has 0 saturated heterocycles. The van der Waals surface area contributed by atoms with Gasteiger partial charge in [0.15, 0.2) is 0 Å². The number of hydrogen-bond donors (Lipinski definition) is 1. The lowest BCUT2D eigenvalue weighted by Crippen LogP contribution is -2.14. The Morgan fingerprint density at radius 3 is 2.22 bits per heavy atom. The number of rotatable bonds is 6. The average Bonchev–Trinajstić information content (AvgIpc) is 2.92. The molecule has 0 unspecified atom stereocenters. The van der Waals surface area contributed by atoms with Gasteiger partial charge in [-0.1, -0.05) is 95.6 Å². The van der Waals surface area contributed by atoms with Crippen molar-refractivity contribution in [1.82, 2.24) is 4.98 Å². The molecule has 0 fully saturated rings. The first-order valence-electron chi connectivity index (χ1n) is 11.4. The van der Waals surface area contributed by atoms with E-state index in [1.165, 1.54) is 11.8 Å². The molecular weight excluding hydrogens is 521 g/mol. The number of nitriles is 1. The summed E-state index contributed by atoms with van der Waals surface area (Å²) >= 11 is 13.4. The minimum atomic E-state index is -0.183. The highest BCUT2D eigenvalue weighted by Gasteiger charge is 2.17. The van der Waals surface area contributed by atoms with E-state index in [9.17, 15) is 10.1 Å². The van der Waals surface area contributed by atoms with E-state index in [1.54, 1.807) is 24.3 Å². The van der Waals surface area contributed by atoms with Gasteiger partial charge in [0.25, 0.3) is 0 Å². The maximum absolute atomic E-state index is 12.9. The fraction of sp³-hybridized carbons (Fsp3) is 0.0333. The molecular formula is C30H19Cl2N3OS. The zero-order valence-electron chi connectivity index (χ0n) is 19.4. The third kappa shape index (κ3) is 5.63. The van der Waals surface area contributed by atoms with Gasteiger partial charge in [0, 0.05) is 32.2 Å². The number of nitrogens with zero attached hydrogens (tertiary/aromatic N) is 2. The Morgan fingerprint density at radius 1 is 0.865 bits per heavy atom. The van der Waals surface area contributed by atoms with Crippen LogP contribution in [0.5, 0.6) is 0 Å². The zero-order chi connectivity index (χ0) is 25.8. The Labute approximate surface area is 228 Å². The summed E-state index contributed by atoms with van der Waals surface area (Å²) < 4.78 is 0. The largest absolute Gasteiger partial charge is 0.325 e. The summed E-state index contributed by atoms with van der Waals surface area (Å²) in [4.78, 5) is 17.7. The molecule has 1 amide bonds. The smallest absolute Gasteiger partial charge is 0.234 e. The lowest BCUT2D eigenvalue weighted by atomic mass is 9.99. The fourth-order valence-corrected chi connectivity index (χ4v) is 5.07. The Bertz CT molecular complexity index is 1640. The number of hydrogen-bond acceptors (Lipinski definition) is 4. The van der Waals surface area contributed by atoms with Crippen molar-refractivity contribution in [2.45, 2.75) is 5.03 Å². The number of carbonyl (C=O) groups is 1. The first kappa shape index (κ1) is 24.9. The number of halogens is 2. The van der Waals surface area contributed by atoms with E-state index in [0.29, 0.717) is 26.3 Å². The molecule has 0 radical (unpaired) electrons. The van der Waals surface area contributed by atoms with Gasteiger partial charge in [-0.3, -0.25) is 4.79 Å². The van der Waals surface area contributed by atoms with Crippen molar-refractivity contribution in [2.24, 2.45) is 0 Å². The average molecular weight is 540 g/mol. The molecule has 5 aromatic rings. The summed E-state index contributed by atoms with van der Waals surface area (Å²) in [6, 6.07) is 32.5. The van der Waals surface area contributed by atoms with Crippen LogP contribution in [0.2, 0.25) is 10.0 Å². The number of pyridine rings is 1. The molecule has 1 heterocycles. The maximum Gasteiger partial charge on any atom is 0.234 e. The number of fused-ring (bicyclic) bond motifs is 1. The van der Waals surface area contributed by atoms with E-state index in [2.05, 4.69) is 11.4 Å². The number of aromatic nitrogens is 1. The van der Waals surface area contributed by atoms with E-state index in [4.69, 9.17) is 28.2 Å². The molecule has 4 nitrogen and oxygen atoms in total. The molecule has 0 aliphatic carbocycles. The fourth-order valence-electron chi connectivity index (χ4n) is 4.01. The van der Waals surface area contributed by atoms with Gasteiger partial charge < -0.3 is 5.32 Å². The molecule has 0 atom stereocenters. The number of anilines is 1. The van der Waals surface area contributed by atoms with Crippen LogP contribution >= 0.6 is 35.0 Å². The highest BCUT2D eigenvalue weighted by molar-refractivity contribution is 8.00. The second kappa shape index (κ2) is 11.1. The van der Waals surface area contributed by atoms with Crippen LogP contribution in [0.3, 0.4) is 0 Å². The number of amides is 1. The quantitative estimate of drug-likeness (QED) is 0.219. The van der Waals surface area contributed by atoms with Crippen molar-refractivity contribution >= 4 is 57.3 Å². The third-order valence-corrected chi connectivity index (χ3v) is 7.28. The minimum absolute atomic E-state index is 0.0923. The van der Waals surface area contributed by atoms with Crippen LogP contribution in [-0.2, 0) is 4.79 Å². The Balaban J connectivity index is 1.48. The normalized spacial score (nSPS) is 10.7.